The zero-order chi connectivity index (χ0) is 29.7. The fourth-order valence-corrected chi connectivity index (χ4v) is 5.92. The highest BCUT2D eigenvalue weighted by Crippen LogP contribution is 2.49. The molecule has 0 bridgehead atoms. The van der Waals surface area contributed by atoms with Crippen molar-refractivity contribution in [3.8, 4) is 0 Å². The van der Waals surface area contributed by atoms with Crippen LogP contribution in [0.5, 0.6) is 0 Å². The van der Waals surface area contributed by atoms with E-state index in [0.29, 0.717) is 17.2 Å². The SMILES string of the molecule is CC.CC(c1ccc(C(=O)NCCC(=O)O)cc1)N1C(=O)C(c2ccc(P)cc2)=NC12CCC(C(C)(C)C)CC2. The van der Waals surface area contributed by atoms with Crippen LogP contribution >= 0.6 is 9.24 Å². The molecule has 1 spiro atoms. The van der Waals surface area contributed by atoms with Crippen molar-refractivity contribution < 1.29 is 19.5 Å². The van der Waals surface area contributed by atoms with Crippen molar-refractivity contribution in [2.24, 2.45) is 16.3 Å². The highest BCUT2D eigenvalue weighted by Gasteiger charge is 2.51. The van der Waals surface area contributed by atoms with Gasteiger partial charge in [-0.15, -0.1) is 9.24 Å². The molecule has 7 nitrogen and oxygen atoms in total. The first-order valence-electron chi connectivity index (χ1n) is 14.3. The van der Waals surface area contributed by atoms with Gasteiger partial charge in [0, 0.05) is 17.7 Å². The average molecular weight is 566 g/mol. The van der Waals surface area contributed by atoms with Crippen LogP contribution in [-0.2, 0) is 9.59 Å². The molecular weight excluding hydrogens is 521 g/mol. The molecule has 0 radical (unpaired) electrons. The summed E-state index contributed by atoms with van der Waals surface area (Å²) < 4.78 is 0. The molecule has 2 aromatic carbocycles. The van der Waals surface area contributed by atoms with E-state index in [1.54, 1.807) is 12.1 Å². The van der Waals surface area contributed by atoms with Crippen molar-refractivity contribution in [2.45, 2.75) is 85.4 Å². The summed E-state index contributed by atoms with van der Waals surface area (Å²) in [6.45, 7) is 13.0. The second-order valence-corrected chi connectivity index (χ2v) is 12.2. The fourth-order valence-electron chi connectivity index (χ4n) is 5.72. The van der Waals surface area contributed by atoms with Gasteiger partial charge in [0.2, 0.25) is 0 Å². The normalized spacial score (nSPS) is 21.4. The molecule has 1 fully saturated rings. The number of aliphatic imine (C=N–C) groups is 1. The number of nitrogens with one attached hydrogen (secondary N) is 1. The van der Waals surface area contributed by atoms with Crippen LogP contribution in [0.2, 0.25) is 0 Å². The lowest BCUT2D eigenvalue weighted by molar-refractivity contribution is -0.137. The van der Waals surface area contributed by atoms with Crippen LogP contribution < -0.4 is 10.6 Å². The van der Waals surface area contributed by atoms with Gasteiger partial charge < -0.3 is 15.3 Å². The van der Waals surface area contributed by atoms with Gasteiger partial charge in [-0.25, -0.2) is 0 Å². The lowest BCUT2D eigenvalue weighted by atomic mass is 9.69. The van der Waals surface area contributed by atoms with Crippen LogP contribution in [0.25, 0.3) is 0 Å². The molecule has 1 saturated carbocycles. The second kappa shape index (κ2) is 13.1. The lowest BCUT2D eigenvalue weighted by Crippen LogP contribution is -2.50. The molecule has 1 aliphatic heterocycles. The Morgan fingerprint density at radius 1 is 1.07 bits per heavy atom. The van der Waals surface area contributed by atoms with E-state index < -0.39 is 11.6 Å². The predicted octanol–water partition coefficient (Wildman–Crippen LogP) is 5.74. The Hall–Kier alpha value is -3.05. The summed E-state index contributed by atoms with van der Waals surface area (Å²) in [5.74, 6) is -0.752. The summed E-state index contributed by atoms with van der Waals surface area (Å²) in [5.41, 5.74) is 2.36. The molecule has 2 aliphatic rings. The van der Waals surface area contributed by atoms with Crippen LogP contribution in [0, 0.1) is 11.3 Å². The first-order chi connectivity index (χ1) is 18.9. The number of amides is 2. The molecular formula is C32H44N3O4P. The number of aliphatic carboxylic acids is 1. The zero-order valence-electron chi connectivity index (χ0n) is 24.7. The van der Waals surface area contributed by atoms with Gasteiger partial charge in [-0.3, -0.25) is 19.4 Å². The first-order valence-corrected chi connectivity index (χ1v) is 14.9. The largest absolute Gasteiger partial charge is 0.481 e. The smallest absolute Gasteiger partial charge is 0.305 e. The van der Waals surface area contributed by atoms with Gasteiger partial charge in [-0.05, 0) is 66.9 Å². The van der Waals surface area contributed by atoms with Crippen molar-refractivity contribution in [3.63, 3.8) is 0 Å². The number of carboxylic acids is 1. The molecule has 4 rings (SSSR count). The summed E-state index contributed by atoms with van der Waals surface area (Å²) >= 11 is 0. The van der Waals surface area contributed by atoms with E-state index in [1.165, 1.54) is 0 Å². The van der Waals surface area contributed by atoms with E-state index in [4.69, 9.17) is 10.1 Å². The predicted molar refractivity (Wildman–Crippen MR) is 164 cm³/mol. The number of carbonyl (C=O) groups is 3. The molecule has 2 N–H and O–H groups in total. The summed E-state index contributed by atoms with van der Waals surface area (Å²) in [5, 5.41) is 12.5. The molecule has 8 heteroatoms. The lowest BCUT2D eigenvalue weighted by Gasteiger charge is -2.46. The Kier molecular flexibility index (Phi) is 10.3. The molecule has 0 saturated heterocycles. The maximum absolute atomic E-state index is 14.0. The molecule has 2 aromatic rings. The standard InChI is InChI=1S/C30H38N3O4P.C2H6/c1-19(20-5-7-22(8-6-20)27(36)31-18-15-25(34)35)33-28(37)26(21-9-11-24(38)12-10-21)32-30(33)16-13-23(14-17-30)29(2,3)4;1-2/h5-12,19,23H,13-18,38H2,1-4H3,(H,31,36)(H,34,35);1-2H3. The topological polar surface area (TPSA) is 99.1 Å². The fraction of sp³-hybridized carbons (Fsp3) is 0.500. The van der Waals surface area contributed by atoms with E-state index in [-0.39, 0.29) is 36.2 Å². The minimum absolute atomic E-state index is 0.0568. The molecule has 216 valence electrons. The number of hydrogen-bond acceptors (Lipinski definition) is 4. The third-order valence-electron chi connectivity index (χ3n) is 8.05. The van der Waals surface area contributed by atoms with E-state index in [2.05, 4.69) is 35.3 Å². The first kappa shape index (κ1) is 31.5. The van der Waals surface area contributed by atoms with Gasteiger partial charge in [-0.1, -0.05) is 71.0 Å². The number of nitrogens with zero attached hydrogens (tertiary/aromatic N) is 2. The molecule has 2 amide bonds. The van der Waals surface area contributed by atoms with Crippen LogP contribution in [-0.4, -0.2) is 45.7 Å². The highest BCUT2D eigenvalue weighted by atomic mass is 31.0. The van der Waals surface area contributed by atoms with Crippen molar-refractivity contribution in [1.82, 2.24) is 10.2 Å². The van der Waals surface area contributed by atoms with Gasteiger partial charge in [0.1, 0.15) is 11.4 Å². The molecule has 40 heavy (non-hydrogen) atoms. The third kappa shape index (κ3) is 6.98. The molecule has 2 atom stereocenters. The van der Waals surface area contributed by atoms with E-state index in [9.17, 15) is 14.4 Å². The number of rotatable bonds is 7. The van der Waals surface area contributed by atoms with Crippen molar-refractivity contribution in [3.05, 3.63) is 65.2 Å². The number of benzene rings is 2. The minimum atomic E-state index is -0.957. The zero-order valence-corrected chi connectivity index (χ0v) is 25.8. The van der Waals surface area contributed by atoms with Crippen molar-refractivity contribution in [2.75, 3.05) is 6.54 Å². The average Bonchev–Trinajstić information content (AvgIpc) is 3.20. The maximum Gasteiger partial charge on any atom is 0.305 e. The Morgan fingerprint density at radius 2 is 1.65 bits per heavy atom. The van der Waals surface area contributed by atoms with Gasteiger partial charge in [-0.2, -0.15) is 0 Å². The number of carbonyl (C=O) groups excluding carboxylic acids is 2. The number of hydrogen-bond donors (Lipinski definition) is 2. The van der Waals surface area contributed by atoms with Crippen molar-refractivity contribution >= 4 is 38.0 Å². The number of carboxylic acid groups (broad SMARTS) is 1. The van der Waals surface area contributed by atoms with E-state index in [1.807, 2.05) is 62.1 Å². The molecule has 2 unspecified atom stereocenters. The minimum Gasteiger partial charge on any atom is -0.481 e. The van der Waals surface area contributed by atoms with Gasteiger partial charge >= 0.3 is 5.97 Å². The van der Waals surface area contributed by atoms with Gasteiger partial charge in [0.15, 0.2) is 0 Å². The molecule has 0 aromatic heterocycles. The van der Waals surface area contributed by atoms with Crippen LogP contribution in [0.1, 0.15) is 101 Å². The van der Waals surface area contributed by atoms with Crippen LogP contribution in [0.3, 0.4) is 0 Å². The summed E-state index contributed by atoms with van der Waals surface area (Å²) in [4.78, 5) is 44.2. The summed E-state index contributed by atoms with van der Waals surface area (Å²) in [6.07, 6.45) is 3.53. The Bertz CT molecular complexity index is 1220. The Labute approximate surface area is 241 Å². The van der Waals surface area contributed by atoms with Crippen LogP contribution in [0.4, 0.5) is 0 Å². The third-order valence-corrected chi connectivity index (χ3v) is 8.44. The maximum atomic E-state index is 14.0. The second-order valence-electron chi connectivity index (χ2n) is 11.6. The van der Waals surface area contributed by atoms with Gasteiger partial charge in [0.05, 0.1) is 12.5 Å². The van der Waals surface area contributed by atoms with Crippen LogP contribution in [0.15, 0.2) is 53.5 Å². The molecule has 1 aliphatic carbocycles. The highest BCUT2D eigenvalue weighted by molar-refractivity contribution is 7.27. The quantitative estimate of drug-likeness (QED) is 0.418. The Balaban J connectivity index is 0.00000216. The van der Waals surface area contributed by atoms with Crippen molar-refractivity contribution in [1.29, 1.82) is 0 Å². The summed E-state index contributed by atoms with van der Waals surface area (Å²) in [6, 6.07) is 14.8. The van der Waals surface area contributed by atoms with E-state index in [0.717, 1.165) is 42.1 Å². The van der Waals surface area contributed by atoms with Gasteiger partial charge in [0.25, 0.3) is 11.8 Å². The molecule has 1 heterocycles. The summed E-state index contributed by atoms with van der Waals surface area (Å²) in [7, 11) is 2.67. The Morgan fingerprint density at radius 3 is 2.17 bits per heavy atom. The van der Waals surface area contributed by atoms with E-state index >= 15 is 0 Å². The monoisotopic (exact) mass is 565 g/mol.